The van der Waals surface area contributed by atoms with E-state index in [0.29, 0.717) is 30.1 Å². The summed E-state index contributed by atoms with van der Waals surface area (Å²) in [5.74, 6) is 0.117. The van der Waals surface area contributed by atoms with E-state index in [1.807, 2.05) is 36.5 Å². The molecule has 4 N–H and O–H groups in total. The average Bonchev–Trinajstić information content (AvgIpc) is 3.48. The summed E-state index contributed by atoms with van der Waals surface area (Å²) in [6.07, 6.45) is 4.56. The first-order chi connectivity index (χ1) is 20.1. The molecule has 4 unspecified atom stereocenters. The zero-order valence-electron chi connectivity index (χ0n) is 22.2. The molecule has 4 aromatic heterocycles. The molecule has 7 rings (SSSR count). The quantitative estimate of drug-likeness (QED) is 0.214. The van der Waals surface area contributed by atoms with Gasteiger partial charge in [0.05, 0.1) is 18.6 Å². The first-order valence-electron chi connectivity index (χ1n) is 13.8. The number of benzene rings is 1. The Kier molecular flexibility index (Phi) is 6.57. The molecule has 12 heteroatoms. The second kappa shape index (κ2) is 10.5. The van der Waals surface area contributed by atoms with Crippen LogP contribution in [0, 0.1) is 0 Å². The maximum Gasteiger partial charge on any atom is 0.252 e. The number of para-hydroxylation sites is 1. The van der Waals surface area contributed by atoms with E-state index in [-0.39, 0.29) is 6.04 Å². The summed E-state index contributed by atoms with van der Waals surface area (Å²) in [5, 5.41) is 28.6. The molecular weight excluding hydrogens is 524 g/mol. The number of carbonyl (C=O) groups excluding carboxylic acids is 1. The van der Waals surface area contributed by atoms with Crippen molar-refractivity contribution in [3.63, 3.8) is 0 Å². The van der Waals surface area contributed by atoms with Crippen LogP contribution >= 0.6 is 0 Å². The molecule has 1 saturated carbocycles. The third-order valence-corrected chi connectivity index (χ3v) is 7.67. The van der Waals surface area contributed by atoms with Crippen molar-refractivity contribution >= 4 is 33.8 Å². The number of aliphatic hydroxyl groups excluding tert-OH is 2. The van der Waals surface area contributed by atoms with Crippen LogP contribution in [0.25, 0.3) is 22.1 Å². The molecular formula is C29H30N8O4. The van der Waals surface area contributed by atoms with Crippen LogP contribution in [0.4, 0.5) is 5.82 Å². The topological polar surface area (TPSA) is 152 Å². The van der Waals surface area contributed by atoms with Gasteiger partial charge >= 0.3 is 0 Å². The number of fused-ring (bicyclic) bond motifs is 2. The van der Waals surface area contributed by atoms with Crippen molar-refractivity contribution in [2.24, 2.45) is 0 Å². The molecule has 1 aliphatic carbocycles. The first kappa shape index (κ1) is 25.6. The molecule has 5 heterocycles. The number of nitrogens with zero attached hydrogens (tertiary/aromatic N) is 6. The molecule has 1 saturated heterocycles. The fourth-order valence-corrected chi connectivity index (χ4v) is 5.42. The number of rotatable bonds is 9. The van der Waals surface area contributed by atoms with Gasteiger partial charge in [-0.05, 0) is 43.0 Å². The van der Waals surface area contributed by atoms with Gasteiger partial charge in [-0.3, -0.25) is 14.3 Å². The third-order valence-electron chi connectivity index (χ3n) is 7.67. The number of hydrogen-bond acceptors (Lipinski definition) is 9. The van der Waals surface area contributed by atoms with E-state index >= 15 is 0 Å². The lowest BCUT2D eigenvalue weighted by atomic mass is 10.1. The van der Waals surface area contributed by atoms with Gasteiger partial charge in [0.2, 0.25) is 0 Å². The summed E-state index contributed by atoms with van der Waals surface area (Å²) in [6, 6.07) is 14.4. The molecule has 2 fully saturated rings. The minimum Gasteiger partial charge on any atom is -0.387 e. The van der Waals surface area contributed by atoms with Crippen molar-refractivity contribution in [3.05, 3.63) is 78.8 Å². The predicted octanol–water partition coefficient (Wildman–Crippen LogP) is 1.78. The summed E-state index contributed by atoms with van der Waals surface area (Å²) in [6.45, 7) is 1.28. The Hall–Kier alpha value is -4.39. The summed E-state index contributed by atoms with van der Waals surface area (Å²) < 4.78 is 9.57. The number of ether oxygens (including phenoxy) is 1. The lowest BCUT2D eigenvalue weighted by Gasteiger charge is -2.16. The molecule has 1 amide bonds. The number of anilines is 1. The van der Waals surface area contributed by atoms with E-state index in [2.05, 4.69) is 53.5 Å². The molecule has 0 radical (unpaired) electrons. The molecule has 1 aliphatic heterocycles. The van der Waals surface area contributed by atoms with Gasteiger partial charge in [0.15, 0.2) is 29.3 Å². The molecule has 1 aromatic carbocycles. The highest BCUT2D eigenvalue weighted by Crippen LogP contribution is 2.33. The summed E-state index contributed by atoms with van der Waals surface area (Å²) >= 11 is 0. The van der Waals surface area contributed by atoms with Crippen LogP contribution in [0.1, 0.15) is 30.3 Å². The summed E-state index contributed by atoms with van der Waals surface area (Å²) in [5.41, 5.74) is 4.27. The SMILES string of the molecule is O=C(NC1CC1)C1OC(n2cnc3c(NCCc4cn(Cc5ccccn5)c5ccccc45)ncnc32)C(O)C1O. The highest BCUT2D eigenvalue weighted by molar-refractivity contribution is 5.85. The van der Waals surface area contributed by atoms with Crippen LogP contribution < -0.4 is 10.6 Å². The van der Waals surface area contributed by atoms with Crippen LogP contribution in [-0.2, 0) is 22.5 Å². The second-order valence-corrected chi connectivity index (χ2v) is 10.6. The molecule has 210 valence electrons. The maximum absolute atomic E-state index is 12.5. The Morgan fingerprint density at radius 3 is 2.71 bits per heavy atom. The Morgan fingerprint density at radius 1 is 1.02 bits per heavy atom. The fraction of sp³-hybridized carbons (Fsp3) is 0.345. The van der Waals surface area contributed by atoms with Crippen molar-refractivity contribution in [2.75, 3.05) is 11.9 Å². The Balaban J connectivity index is 1.07. The zero-order chi connectivity index (χ0) is 27.9. The van der Waals surface area contributed by atoms with E-state index in [4.69, 9.17) is 4.74 Å². The van der Waals surface area contributed by atoms with Crippen molar-refractivity contribution in [3.8, 4) is 0 Å². The molecule has 5 aromatic rings. The number of pyridine rings is 1. The van der Waals surface area contributed by atoms with E-state index in [9.17, 15) is 15.0 Å². The molecule has 0 bridgehead atoms. The zero-order valence-corrected chi connectivity index (χ0v) is 22.2. The van der Waals surface area contributed by atoms with E-state index in [1.54, 1.807) is 0 Å². The molecule has 2 aliphatic rings. The van der Waals surface area contributed by atoms with Gasteiger partial charge in [-0.1, -0.05) is 24.3 Å². The highest BCUT2D eigenvalue weighted by atomic mass is 16.6. The number of nitrogens with one attached hydrogen (secondary N) is 2. The normalized spacial score (nSPS) is 22.4. The lowest BCUT2D eigenvalue weighted by Crippen LogP contribution is -2.43. The number of aliphatic hydroxyl groups is 2. The summed E-state index contributed by atoms with van der Waals surface area (Å²) in [7, 11) is 0. The van der Waals surface area contributed by atoms with Gasteiger partial charge in [0.25, 0.3) is 5.91 Å². The van der Waals surface area contributed by atoms with E-state index < -0.39 is 30.4 Å². The van der Waals surface area contributed by atoms with Crippen molar-refractivity contribution in [1.29, 1.82) is 0 Å². The predicted molar refractivity (Wildman–Crippen MR) is 150 cm³/mol. The smallest absolute Gasteiger partial charge is 0.252 e. The van der Waals surface area contributed by atoms with Crippen molar-refractivity contribution in [1.82, 2.24) is 34.4 Å². The second-order valence-electron chi connectivity index (χ2n) is 10.6. The molecule has 4 atom stereocenters. The van der Waals surface area contributed by atoms with Gasteiger partial charge < -0.3 is 30.2 Å². The number of hydrogen-bond donors (Lipinski definition) is 4. The van der Waals surface area contributed by atoms with Crippen molar-refractivity contribution < 1.29 is 19.7 Å². The van der Waals surface area contributed by atoms with Crippen LogP contribution in [0.5, 0.6) is 0 Å². The minimum absolute atomic E-state index is 0.113. The molecule has 41 heavy (non-hydrogen) atoms. The number of amides is 1. The van der Waals surface area contributed by atoms with Gasteiger partial charge in [0, 0.05) is 35.9 Å². The van der Waals surface area contributed by atoms with Crippen LogP contribution in [0.3, 0.4) is 0 Å². The average molecular weight is 555 g/mol. The number of carbonyl (C=O) groups is 1. The summed E-state index contributed by atoms with van der Waals surface area (Å²) in [4.78, 5) is 30.2. The minimum atomic E-state index is -1.37. The van der Waals surface area contributed by atoms with Gasteiger partial charge in [-0.2, -0.15) is 0 Å². The van der Waals surface area contributed by atoms with Crippen LogP contribution in [0.2, 0.25) is 0 Å². The third kappa shape index (κ3) is 4.90. The van der Waals surface area contributed by atoms with Gasteiger partial charge in [-0.15, -0.1) is 0 Å². The Labute approximate surface area is 235 Å². The van der Waals surface area contributed by atoms with Gasteiger partial charge in [-0.25, -0.2) is 15.0 Å². The largest absolute Gasteiger partial charge is 0.387 e. The van der Waals surface area contributed by atoms with E-state index in [1.165, 1.54) is 28.2 Å². The first-order valence-corrected chi connectivity index (χ1v) is 13.8. The standard InChI is InChI=1S/C29H30N8O4/c38-23-24(39)29(41-25(23)28(40)35-18-8-9-18)37-16-34-22-26(32-15-33-27(22)37)31-12-10-17-13-36(14-19-5-3-4-11-30-19)21-7-2-1-6-20(17)21/h1-7,11,13,15-16,18,23-25,29,38-39H,8-10,12,14H2,(H,35,40)(H,31,32,33). The fourth-order valence-electron chi connectivity index (χ4n) is 5.42. The van der Waals surface area contributed by atoms with Crippen LogP contribution in [-0.4, -0.2) is 76.1 Å². The van der Waals surface area contributed by atoms with Crippen molar-refractivity contribution in [2.45, 2.75) is 56.4 Å². The Morgan fingerprint density at radius 2 is 1.88 bits per heavy atom. The highest BCUT2D eigenvalue weighted by Gasteiger charge is 2.48. The number of imidazole rings is 1. The van der Waals surface area contributed by atoms with E-state index in [0.717, 1.165) is 30.5 Å². The lowest BCUT2D eigenvalue weighted by molar-refractivity contribution is -0.137. The monoisotopic (exact) mass is 554 g/mol. The Bertz CT molecular complexity index is 1700. The van der Waals surface area contributed by atoms with Crippen LogP contribution in [0.15, 0.2) is 67.5 Å². The van der Waals surface area contributed by atoms with Gasteiger partial charge in [0.1, 0.15) is 18.5 Å². The molecule has 0 spiro atoms. The number of aromatic nitrogens is 6. The maximum atomic E-state index is 12.5. The molecule has 12 nitrogen and oxygen atoms in total.